The van der Waals surface area contributed by atoms with Crippen molar-refractivity contribution in [1.82, 2.24) is 34.8 Å². The highest BCUT2D eigenvalue weighted by Crippen LogP contribution is 2.29. The maximum Gasteiger partial charge on any atom is 0.246 e. The third-order valence-electron chi connectivity index (χ3n) is 4.84. The van der Waals surface area contributed by atoms with E-state index in [1.54, 1.807) is 15.8 Å². The average molecular weight is 452 g/mol. The van der Waals surface area contributed by atoms with Crippen molar-refractivity contribution in [3.8, 4) is 0 Å². The van der Waals surface area contributed by atoms with Crippen LogP contribution in [0.2, 0.25) is 5.15 Å². The number of hydrogen-bond acceptors (Lipinski definition) is 7. The summed E-state index contributed by atoms with van der Waals surface area (Å²) in [5, 5.41) is 18.6. The lowest BCUT2D eigenvalue weighted by Crippen LogP contribution is -2.44. The quantitative estimate of drug-likeness (QED) is 0.493. The summed E-state index contributed by atoms with van der Waals surface area (Å²) in [7, 11) is 0. The fraction of sp³-hybridized carbons (Fsp3) is 0.389. The van der Waals surface area contributed by atoms with Gasteiger partial charge in [0.15, 0.2) is 10.8 Å². The van der Waals surface area contributed by atoms with E-state index in [0.717, 1.165) is 31.6 Å². The Hall–Kier alpha value is -2.85. The van der Waals surface area contributed by atoms with Crippen molar-refractivity contribution in [3.05, 3.63) is 30.2 Å². The van der Waals surface area contributed by atoms with Gasteiger partial charge in [0.1, 0.15) is 11.2 Å². The molecule has 4 heterocycles. The van der Waals surface area contributed by atoms with Gasteiger partial charge in [-0.2, -0.15) is 20.2 Å². The number of likely N-dealkylation sites (tertiary alicyclic amines) is 1. The van der Waals surface area contributed by atoms with E-state index >= 15 is 0 Å². The monoisotopic (exact) mass is 451 g/mol. The molecule has 12 heteroatoms. The number of H-pyrrole nitrogens is 1. The van der Waals surface area contributed by atoms with E-state index in [0.29, 0.717) is 34.5 Å². The first kappa shape index (κ1) is 21.8. The van der Waals surface area contributed by atoms with Crippen molar-refractivity contribution in [2.75, 3.05) is 23.7 Å². The van der Waals surface area contributed by atoms with Gasteiger partial charge in [-0.3, -0.25) is 14.6 Å². The Balaban J connectivity index is 0.00000256. The first-order valence-corrected chi connectivity index (χ1v) is 9.84. The Labute approximate surface area is 184 Å². The summed E-state index contributed by atoms with van der Waals surface area (Å²) in [5.41, 5.74) is 1.30. The first-order valence-electron chi connectivity index (χ1n) is 9.46. The van der Waals surface area contributed by atoms with Gasteiger partial charge >= 0.3 is 0 Å². The van der Waals surface area contributed by atoms with Crippen LogP contribution in [0, 0.1) is 0 Å². The van der Waals surface area contributed by atoms with Crippen molar-refractivity contribution >= 4 is 58.4 Å². The predicted molar refractivity (Wildman–Crippen MR) is 119 cm³/mol. The molecule has 3 aromatic heterocycles. The second-order valence-electron chi connectivity index (χ2n) is 6.82. The number of nitrogens with one attached hydrogen (secondary N) is 3. The number of aromatic nitrogens is 6. The second-order valence-corrected chi connectivity index (χ2v) is 7.17. The van der Waals surface area contributed by atoms with Gasteiger partial charge in [-0.1, -0.05) is 18.2 Å². The molecule has 160 valence electrons. The number of rotatable bonds is 6. The van der Waals surface area contributed by atoms with Gasteiger partial charge in [-0.05, 0) is 25.8 Å². The third kappa shape index (κ3) is 4.49. The lowest BCUT2D eigenvalue weighted by atomic mass is 10.1. The van der Waals surface area contributed by atoms with Crippen LogP contribution in [-0.2, 0) is 11.3 Å². The molecule has 3 aromatic rings. The van der Waals surface area contributed by atoms with E-state index in [9.17, 15) is 4.79 Å². The Morgan fingerprint density at radius 3 is 3.03 bits per heavy atom. The van der Waals surface area contributed by atoms with E-state index in [4.69, 9.17) is 11.6 Å². The number of carbonyl (C=O) groups is 1. The van der Waals surface area contributed by atoms with E-state index in [2.05, 4.69) is 42.5 Å². The zero-order chi connectivity index (χ0) is 20.4. The number of halogens is 2. The summed E-state index contributed by atoms with van der Waals surface area (Å²) in [6.07, 6.45) is 6.74. The molecule has 30 heavy (non-hydrogen) atoms. The fourth-order valence-electron chi connectivity index (χ4n) is 3.40. The predicted octanol–water partition coefficient (Wildman–Crippen LogP) is 2.98. The molecule has 0 aliphatic carbocycles. The van der Waals surface area contributed by atoms with Gasteiger partial charge in [-0.25, -0.2) is 0 Å². The largest absolute Gasteiger partial charge is 0.365 e. The number of carbonyl (C=O) groups excluding carboxylic acids is 1. The van der Waals surface area contributed by atoms with E-state index in [-0.39, 0.29) is 24.4 Å². The highest BCUT2D eigenvalue weighted by molar-refractivity contribution is 6.35. The molecular weight excluding hydrogens is 429 g/mol. The minimum atomic E-state index is -0.0685. The minimum Gasteiger partial charge on any atom is -0.365 e. The van der Waals surface area contributed by atoms with Gasteiger partial charge in [0.25, 0.3) is 0 Å². The summed E-state index contributed by atoms with van der Waals surface area (Å²) >= 11 is 6.26. The number of aryl methyl sites for hydroxylation is 1. The lowest BCUT2D eigenvalue weighted by molar-refractivity contribution is -0.127. The number of aromatic amines is 1. The normalized spacial score (nSPS) is 16.2. The van der Waals surface area contributed by atoms with Crippen LogP contribution >= 0.6 is 24.0 Å². The standard InChI is InChI=1S/C18H22ClN9O.ClH/c1-3-13(29)27-7-5-6-11(9-27)21-16-14-15(19)25-26-17(14)24-18(23-16)22-12-8-20-28(4-2)10-12;/h3,8,10-11H,1,4-7,9H2,2H3,(H3,21,22,23,24,25,26);1H. The number of nitrogens with zero attached hydrogens (tertiary/aromatic N) is 6. The van der Waals surface area contributed by atoms with Gasteiger partial charge < -0.3 is 15.5 Å². The fourth-order valence-corrected chi connectivity index (χ4v) is 3.62. The minimum absolute atomic E-state index is 0. The summed E-state index contributed by atoms with van der Waals surface area (Å²) in [4.78, 5) is 22.8. The molecule has 1 aliphatic heterocycles. The zero-order valence-electron chi connectivity index (χ0n) is 16.4. The molecule has 0 bridgehead atoms. The summed E-state index contributed by atoms with van der Waals surface area (Å²) in [5.74, 6) is 0.892. The highest BCUT2D eigenvalue weighted by atomic mass is 35.5. The second kappa shape index (κ2) is 9.31. The molecule has 0 spiro atoms. The smallest absolute Gasteiger partial charge is 0.246 e. The number of amides is 1. The van der Waals surface area contributed by atoms with Gasteiger partial charge in [0.2, 0.25) is 11.9 Å². The molecule has 0 radical (unpaired) electrons. The maximum absolute atomic E-state index is 12.0. The van der Waals surface area contributed by atoms with E-state index in [1.807, 2.05) is 13.1 Å². The van der Waals surface area contributed by atoms with Crippen LogP contribution in [0.3, 0.4) is 0 Å². The van der Waals surface area contributed by atoms with E-state index < -0.39 is 0 Å². The lowest BCUT2D eigenvalue weighted by Gasteiger charge is -2.32. The van der Waals surface area contributed by atoms with Gasteiger partial charge in [0, 0.05) is 31.9 Å². The van der Waals surface area contributed by atoms with Gasteiger partial charge in [-0.15, -0.1) is 12.4 Å². The Morgan fingerprint density at radius 1 is 1.47 bits per heavy atom. The van der Waals surface area contributed by atoms with Crippen molar-refractivity contribution in [2.24, 2.45) is 0 Å². The molecule has 3 N–H and O–H groups in total. The SMILES string of the molecule is C=CC(=O)N1CCCC(Nc2nc(Nc3cnn(CC)c3)nc3[nH]nc(Cl)c23)C1.Cl. The summed E-state index contributed by atoms with van der Waals surface area (Å²) < 4.78 is 1.81. The van der Waals surface area contributed by atoms with Crippen LogP contribution in [0.15, 0.2) is 25.0 Å². The maximum atomic E-state index is 12.0. The third-order valence-corrected chi connectivity index (χ3v) is 5.11. The molecule has 0 saturated carbocycles. The molecule has 1 aliphatic rings. The Bertz CT molecular complexity index is 1050. The Morgan fingerprint density at radius 2 is 2.30 bits per heavy atom. The highest BCUT2D eigenvalue weighted by Gasteiger charge is 2.24. The van der Waals surface area contributed by atoms with Crippen molar-refractivity contribution in [3.63, 3.8) is 0 Å². The summed E-state index contributed by atoms with van der Waals surface area (Å²) in [6.45, 7) is 7.65. The van der Waals surface area contributed by atoms with Crippen molar-refractivity contribution in [1.29, 1.82) is 0 Å². The van der Waals surface area contributed by atoms with Crippen molar-refractivity contribution in [2.45, 2.75) is 32.4 Å². The molecular formula is C18H23Cl2N9O. The molecule has 1 amide bonds. The van der Waals surface area contributed by atoms with Gasteiger partial charge in [0.05, 0.1) is 11.9 Å². The van der Waals surface area contributed by atoms with Crippen LogP contribution < -0.4 is 10.6 Å². The van der Waals surface area contributed by atoms with Crippen LogP contribution in [-0.4, -0.2) is 59.9 Å². The van der Waals surface area contributed by atoms with Crippen LogP contribution in [0.5, 0.6) is 0 Å². The summed E-state index contributed by atoms with van der Waals surface area (Å²) in [6, 6.07) is 0.0346. The first-order chi connectivity index (χ1) is 14.1. The average Bonchev–Trinajstić information content (AvgIpc) is 3.34. The molecule has 1 atom stereocenters. The topological polar surface area (TPSA) is 117 Å². The Kier molecular flexibility index (Phi) is 6.78. The molecule has 0 aromatic carbocycles. The molecule has 10 nitrogen and oxygen atoms in total. The number of fused-ring (bicyclic) bond motifs is 1. The molecule has 1 saturated heterocycles. The molecule has 1 unspecified atom stereocenters. The number of anilines is 3. The van der Waals surface area contributed by atoms with Crippen LogP contribution in [0.4, 0.5) is 17.5 Å². The van der Waals surface area contributed by atoms with Crippen molar-refractivity contribution < 1.29 is 4.79 Å². The molecule has 4 rings (SSSR count). The van der Waals surface area contributed by atoms with E-state index in [1.165, 1.54) is 6.08 Å². The van der Waals surface area contributed by atoms with Crippen LogP contribution in [0.1, 0.15) is 19.8 Å². The number of piperidine rings is 1. The number of hydrogen-bond donors (Lipinski definition) is 3. The van der Waals surface area contributed by atoms with Crippen LogP contribution in [0.25, 0.3) is 11.0 Å². The zero-order valence-corrected chi connectivity index (χ0v) is 18.0. The molecule has 1 fully saturated rings.